The quantitative estimate of drug-likeness (QED) is 0.602. The zero-order chi connectivity index (χ0) is 13.1. The molecular formula is C13H17N3O2. The zero-order valence-corrected chi connectivity index (χ0v) is 10.7. The molecule has 0 aliphatic rings. The van der Waals surface area contributed by atoms with Gasteiger partial charge in [-0.2, -0.15) is 0 Å². The van der Waals surface area contributed by atoms with E-state index in [1.54, 1.807) is 12.1 Å². The lowest BCUT2D eigenvalue weighted by Gasteiger charge is -2.10. The van der Waals surface area contributed by atoms with Gasteiger partial charge in [-0.05, 0) is 33.1 Å². The van der Waals surface area contributed by atoms with Crippen LogP contribution in [0, 0.1) is 10.1 Å². The topological polar surface area (TPSA) is 51.3 Å². The van der Waals surface area contributed by atoms with E-state index >= 15 is 0 Å². The van der Waals surface area contributed by atoms with E-state index in [-0.39, 0.29) is 10.6 Å². The Kier molecular flexibility index (Phi) is 3.62. The van der Waals surface area contributed by atoms with E-state index in [2.05, 4.69) is 4.90 Å². The number of non-ortho nitro benzene ring substituents is 1. The SMILES string of the molecule is CN(C)CCCn1ccc2cccc([N+](=O)[O-])c21. The van der Waals surface area contributed by atoms with Crippen molar-refractivity contribution >= 4 is 16.6 Å². The molecule has 2 aromatic rings. The Morgan fingerprint density at radius 1 is 1.33 bits per heavy atom. The number of benzene rings is 1. The van der Waals surface area contributed by atoms with Crippen molar-refractivity contribution in [2.45, 2.75) is 13.0 Å². The first kappa shape index (κ1) is 12.6. The van der Waals surface area contributed by atoms with Crippen LogP contribution in [-0.4, -0.2) is 35.0 Å². The fourth-order valence-corrected chi connectivity index (χ4v) is 2.13. The van der Waals surface area contributed by atoms with Crippen molar-refractivity contribution in [3.05, 3.63) is 40.6 Å². The molecule has 0 fully saturated rings. The van der Waals surface area contributed by atoms with Gasteiger partial charge in [0.05, 0.1) is 4.92 Å². The standard InChI is InChI=1S/C13H17N3O2/c1-14(2)8-4-9-15-10-7-11-5-3-6-12(13(11)15)16(17)18/h3,5-7,10H,4,8-9H2,1-2H3. The van der Waals surface area contributed by atoms with Gasteiger partial charge in [-0.25, -0.2) is 0 Å². The van der Waals surface area contributed by atoms with Crippen molar-refractivity contribution in [2.24, 2.45) is 0 Å². The molecule has 0 amide bonds. The Hall–Kier alpha value is -1.88. The summed E-state index contributed by atoms with van der Waals surface area (Å²) in [6, 6.07) is 7.12. The number of para-hydroxylation sites is 1. The molecule has 0 radical (unpaired) electrons. The normalized spacial score (nSPS) is 11.3. The van der Waals surface area contributed by atoms with Crippen LogP contribution in [-0.2, 0) is 6.54 Å². The van der Waals surface area contributed by atoms with Gasteiger partial charge >= 0.3 is 0 Å². The molecule has 96 valence electrons. The summed E-state index contributed by atoms with van der Waals surface area (Å²) in [6.07, 6.45) is 2.90. The van der Waals surface area contributed by atoms with Gasteiger partial charge in [0.25, 0.3) is 5.69 Å². The van der Waals surface area contributed by atoms with E-state index in [9.17, 15) is 10.1 Å². The third-order valence-electron chi connectivity index (χ3n) is 2.97. The molecule has 5 heteroatoms. The van der Waals surface area contributed by atoms with Crippen molar-refractivity contribution in [1.29, 1.82) is 0 Å². The first-order valence-corrected chi connectivity index (χ1v) is 5.96. The average molecular weight is 247 g/mol. The highest BCUT2D eigenvalue weighted by molar-refractivity contribution is 5.88. The third kappa shape index (κ3) is 2.51. The number of hydrogen-bond acceptors (Lipinski definition) is 3. The van der Waals surface area contributed by atoms with Gasteiger partial charge in [-0.15, -0.1) is 0 Å². The Labute approximate surface area is 106 Å². The summed E-state index contributed by atoms with van der Waals surface area (Å²) in [5.74, 6) is 0. The first-order valence-electron chi connectivity index (χ1n) is 5.96. The minimum atomic E-state index is -0.315. The lowest BCUT2D eigenvalue weighted by molar-refractivity contribution is -0.383. The third-order valence-corrected chi connectivity index (χ3v) is 2.97. The van der Waals surface area contributed by atoms with E-state index in [0.717, 1.165) is 30.4 Å². The summed E-state index contributed by atoms with van der Waals surface area (Å²) in [6.45, 7) is 1.77. The summed E-state index contributed by atoms with van der Waals surface area (Å²) in [5.41, 5.74) is 0.906. The number of nitro groups is 1. The van der Waals surface area contributed by atoms with E-state index in [0.29, 0.717) is 0 Å². The molecule has 0 aliphatic heterocycles. The molecule has 0 N–H and O–H groups in total. The Bertz CT molecular complexity index is 560. The van der Waals surface area contributed by atoms with E-state index in [1.807, 2.05) is 37.0 Å². The largest absolute Gasteiger partial charge is 0.342 e. The Morgan fingerprint density at radius 3 is 2.78 bits per heavy atom. The first-order chi connectivity index (χ1) is 8.59. The smallest absolute Gasteiger partial charge is 0.293 e. The van der Waals surface area contributed by atoms with Gasteiger partial charge in [0.2, 0.25) is 0 Å². The highest BCUT2D eigenvalue weighted by Crippen LogP contribution is 2.26. The van der Waals surface area contributed by atoms with E-state index in [1.165, 1.54) is 0 Å². The minimum absolute atomic E-state index is 0.183. The maximum absolute atomic E-state index is 11.0. The molecule has 1 heterocycles. The van der Waals surface area contributed by atoms with Crippen molar-refractivity contribution in [1.82, 2.24) is 9.47 Å². The maximum atomic E-state index is 11.0. The lowest BCUT2D eigenvalue weighted by atomic mass is 10.2. The van der Waals surface area contributed by atoms with Crippen LogP contribution in [0.1, 0.15) is 6.42 Å². The molecule has 18 heavy (non-hydrogen) atoms. The molecule has 0 aliphatic carbocycles. The van der Waals surface area contributed by atoms with E-state index < -0.39 is 0 Å². The second kappa shape index (κ2) is 5.18. The molecule has 2 rings (SSSR count). The monoisotopic (exact) mass is 247 g/mol. The number of rotatable bonds is 5. The number of fused-ring (bicyclic) bond motifs is 1. The van der Waals surface area contributed by atoms with Gasteiger partial charge in [0.1, 0.15) is 5.52 Å². The molecule has 0 spiro atoms. The Morgan fingerprint density at radius 2 is 2.11 bits per heavy atom. The highest BCUT2D eigenvalue weighted by atomic mass is 16.6. The predicted octanol–water partition coefficient (Wildman–Crippen LogP) is 2.50. The molecule has 1 aromatic heterocycles. The number of aryl methyl sites for hydroxylation is 1. The molecule has 0 saturated carbocycles. The van der Waals surface area contributed by atoms with Gasteiger partial charge in [-0.3, -0.25) is 10.1 Å². The molecule has 0 unspecified atom stereocenters. The van der Waals surface area contributed by atoms with Crippen LogP contribution in [0.25, 0.3) is 10.9 Å². The number of hydrogen-bond donors (Lipinski definition) is 0. The second-order valence-electron chi connectivity index (χ2n) is 4.64. The Balaban J connectivity index is 2.30. The molecular weight excluding hydrogens is 230 g/mol. The van der Waals surface area contributed by atoms with Crippen LogP contribution in [0.5, 0.6) is 0 Å². The van der Waals surface area contributed by atoms with Crippen molar-refractivity contribution < 1.29 is 4.92 Å². The number of aromatic nitrogens is 1. The van der Waals surface area contributed by atoms with Crippen LogP contribution in [0.2, 0.25) is 0 Å². The van der Waals surface area contributed by atoms with Crippen LogP contribution >= 0.6 is 0 Å². The van der Waals surface area contributed by atoms with Crippen molar-refractivity contribution in [3.8, 4) is 0 Å². The fraction of sp³-hybridized carbons (Fsp3) is 0.385. The molecule has 0 atom stereocenters. The average Bonchev–Trinajstić information content (AvgIpc) is 2.72. The zero-order valence-electron chi connectivity index (χ0n) is 10.7. The van der Waals surface area contributed by atoms with Crippen LogP contribution in [0.15, 0.2) is 30.5 Å². The summed E-state index contributed by atoms with van der Waals surface area (Å²) >= 11 is 0. The highest BCUT2D eigenvalue weighted by Gasteiger charge is 2.14. The number of nitro benzene ring substituents is 1. The summed E-state index contributed by atoms with van der Waals surface area (Å²) < 4.78 is 1.97. The van der Waals surface area contributed by atoms with Gasteiger partial charge in [0, 0.05) is 24.2 Å². The molecule has 5 nitrogen and oxygen atoms in total. The minimum Gasteiger partial charge on any atom is -0.342 e. The molecule has 0 saturated heterocycles. The van der Waals surface area contributed by atoms with Gasteiger partial charge in [0.15, 0.2) is 0 Å². The summed E-state index contributed by atoms with van der Waals surface area (Å²) in [7, 11) is 4.05. The second-order valence-corrected chi connectivity index (χ2v) is 4.64. The predicted molar refractivity (Wildman–Crippen MR) is 71.8 cm³/mol. The van der Waals surface area contributed by atoms with Crippen LogP contribution in [0.4, 0.5) is 5.69 Å². The fourth-order valence-electron chi connectivity index (χ4n) is 2.13. The van der Waals surface area contributed by atoms with Crippen LogP contribution < -0.4 is 0 Å². The summed E-state index contributed by atoms with van der Waals surface area (Å²) in [4.78, 5) is 12.8. The summed E-state index contributed by atoms with van der Waals surface area (Å²) in [5, 5.41) is 12.0. The number of nitrogens with zero attached hydrogens (tertiary/aromatic N) is 3. The van der Waals surface area contributed by atoms with Crippen molar-refractivity contribution in [2.75, 3.05) is 20.6 Å². The molecule has 0 bridgehead atoms. The van der Waals surface area contributed by atoms with Crippen molar-refractivity contribution in [3.63, 3.8) is 0 Å². The van der Waals surface area contributed by atoms with Crippen LogP contribution in [0.3, 0.4) is 0 Å². The maximum Gasteiger partial charge on any atom is 0.293 e. The van der Waals surface area contributed by atoms with E-state index in [4.69, 9.17) is 0 Å². The van der Waals surface area contributed by atoms with Gasteiger partial charge in [-0.1, -0.05) is 12.1 Å². The molecule has 1 aromatic carbocycles. The van der Waals surface area contributed by atoms with Gasteiger partial charge < -0.3 is 9.47 Å². The lowest BCUT2D eigenvalue weighted by Crippen LogP contribution is -2.14.